The van der Waals surface area contributed by atoms with Gasteiger partial charge in [0.15, 0.2) is 5.34 Å². The average Bonchev–Trinajstić information content (AvgIpc) is 2.64. The minimum Gasteiger partial charge on any atom is -0.481 e. The highest BCUT2D eigenvalue weighted by Gasteiger charge is 2.01. The molecule has 0 amide bonds. The normalized spacial score (nSPS) is 11.4. The van der Waals surface area contributed by atoms with Crippen LogP contribution >= 0.6 is 0 Å². The number of carboxylic acid groups (broad SMARTS) is 1. The van der Waals surface area contributed by atoms with Crippen LogP contribution in [0.25, 0.3) is 0 Å². The summed E-state index contributed by atoms with van der Waals surface area (Å²) in [4.78, 5) is 24.4. The van der Waals surface area contributed by atoms with Crippen molar-refractivity contribution >= 4 is 5.97 Å². The zero-order valence-electron chi connectivity index (χ0n) is 18.2. The van der Waals surface area contributed by atoms with Crippen molar-refractivity contribution in [2.45, 2.75) is 136 Å². The van der Waals surface area contributed by atoms with Gasteiger partial charge in [0.1, 0.15) is 6.10 Å². The molecule has 1 atom stereocenters. The molecule has 0 aromatic rings. The lowest BCUT2D eigenvalue weighted by Crippen LogP contribution is -2.02. The van der Waals surface area contributed by atoms with Gasteiger partial charge < -0.3 is 9.94 Å². The summed E-state index contributed by atoms with van der Waals surface area (Å²) >= 11 is 0. The highest BCUT2D eigenvalue weighted by Crippen LogP contribution is 2.11. The highest BCUT2D eigenvalue weighted by atomic mass is 16.7. The number of hydrogen-bond donors (Lipinski definition) is 1. The summed E-state index contributed by atoms with van der Waals surface area (Å²) in [5.41, 5.74) is 0. The van der Waals surface area contributed by atoms with Gasteiger partial charge >= 0.3 is 5.97 Å². The first-order chi connectivity index (χ1) is 13.1. The zero-order chi connectivity index (χ0) is 20.6. The highest BCUT2D eigenvalue weighted by molar-refractivity contribution is 5.66. The van der Waals surface area contributed by atoms with Crippen molar-refractivity contribution in [2.24, 2.45) is 5.34 Å². The Balaban J connectivity index is 0. The lowest BCUT2D eigenvalue weighted by molar-refractivity contribution is -0.137. The summed E-state index contributed by atoms with van der Waals surface area (Å²) in [6.45, 7) is 6.29. The van der Waals surface area contributed by atoms with E-state index in [2.05, 4.69) is 24.0 Å². The van der Waals surface area contributed by atoms with Crippen molar-refractivity contribution in [1.29, 1.82) is 0 Å². The second kappa shape index (κ2) is 24.9. The van der Waals surface area contributed by atoms with E-state index in [0.717, 1.165) is 25.7 Å². The molecular formula is C22H45NO4. The van der Waals surface area contributed by atoms with Crippen LogP contribution in [-0.4, -0.2) is 17.2 Å². The largest absolute Gasteiger partial charge is 0.481 e. The predicted molar refractivity (Wildman–Crippen MR) is 114 cm³/mol. The molecule has 0 radical (unpaired) electrons. The zero-order valence-corrected chi connectivity index (χ0v) is 18.2. The van der Waals surface area contributed by atoms with Crippen molar-refractivity contribution in [1.82, 2.24) is 0 Å². The Hall–Kier alpha value is -1.13. The Morgan fingerprint density at radius 3 is 1.59 bits per heavy atom. The van der Waals surface area contributed by atoms with Crippen LogP contribution in [0.4, 0.5) is 0 Å². The van der Waals surface area contributed by atoms with Crippen LogP contribution in [0.3, 0.4) is 0 Å². The van der Waals surface area contributed by atoms with Gasteiger partial charge in [-0.15, -0.1) is 4.91 Å². The van der Waals surface area contributed by atoms with Crippen LogP contribution in [-0.2, 0) is 9.63 Å². The summed E-state index contributed by atoms with van der Waals surface area (Å²) in [5.74, 6) is -0.657. The molecule has 1 N–H and O–H groups in total. The van der Waals surface area contributed by atoms with Crippen LogP contribution in [0.15, 0.2) is 5.34 Å². The third-order valence-electron chi connectivity index (χ3n) is 4.68. The van der Waals surface area contributed by atoms with Gasteiger partial charge in [-0.3, -0.25) is 4.79 Å². The second-order valence-electron chi connectivity index (χ2n) is 7.52. The Labute approximate surface area is 167 Å². The Morgan fingerprint density at radius 2 is 1.19 bits per heavy atom. The van der Waals surface area contributed by atoms with Crippen LogP contribution in [0, 0.1) is 4.91 Å². The standard InChI is InChI=1S/C14H28O2.C8H17NO2/c1-2-3-4-5-6-7-8-9-10-11-12-13-14(15)16;1-3-4-5-6-7-8(2)11-9-10/h2-13H2,1H3,(H,15,16);8H,3-7H2,1-2H3. The summed E-state index contributed by atoms with van der Waals surface area (Å²) in [6.07, 6.45) is 20.1. The van der Waals surface area contributed by atoms with Gasteiger partial charge in [-0.2, -0.15) is 0 Å². The maximum absolute atomic E-state index is 10.3. The van der Waals surface area contributed by atoms with Crippen LogP contribution < -0.4 is 0 Å². The molecule has 27 heavy (non-hydrogen) atoms. The average molecular weight is 388 g/mol. The molecule has 0 saturated heterocycles. The third-order valence-corrected chi connectivity index (χ3v) is 4.68. The fraction of sp³-hybridized carbons (Fsp3) is 0.955. The molecule has 0 heterocycles. The molecule has 0 aliphatic rings. The summed E-state index contributed by atoms with van der Waals surface area (Å²) in [6, 6.07) is 0. The molecule has 1 unspecified atom stereocenters. The molecule has 0 aromatic carbocycles. The van der Waals surface area contributed by atoms with Gasteiger partial charge in [-0.25, -0.2) is 0 Å². The first-order valence-corrected chi connectivity index (χ1v) is 11.3. The molecule has 0 aliphatic heterocycles. The van der Waals surface area contributed by atoms with E-state index >= 15 is 0 Å². The number of hydrogen-bond acceptors (Lipinski definition) is 4. The first-order valence-electron chi connectivity index (χ1n) is 11.3. The smallest absolute Gasteiger partial charge is 0.303 e. The van der Waals surface area contributed by atoms with Crippen LogP contribution in [0.2, 0.25) is 0 Å². The Bertz CT molecular complexity index is 311. The van der Waals surface area contributed by atoms with Gasteiger partial charge in [0, 0.05) is 6.42 Å². The number of carboxylic acids is 1. The topological polar surface area (TPSA) is 76.0 Å². The van der Waals surface area contributed by atoms with Crippen LogP contribution in [0.5, 0.6) is 0 Å². The maximum atomic E-state index is 10.3. The van der Waals surface area contributed by atoms with E-state index < -0.39 is 5.97 Å². The minimum absolute atomic E-state index is 0.00986. The maximum Gasteiger partial charge on any atom is 0.303 e. The third kappa shape index (κ3) is 29.9. The SMILES string of the molecule is CCCCCCC(C)ON=O.CCCCCCCCCCCCCC(=O)O. The molecule has 0 rings (SSSR count). The van der Waals surface area contributed by atoms with Crippen molar-refractivity contribution in [3.63, 3.8) is 0 Å². The fourth-order valence-electron chi connectivity index (χ4n) is 2.93. The summed E-state index contributed by atoms with van der Waals surface area (Å²) in [5, 5.41) is 10.8. The molecule has 0 spiro atoms. The number of unbranched alkanes of at least 4 members (excludes halogenated alkanes) is 13. The molecule has 0 aromatic heterocycles. The van der Waals surface area contributed by atoms with Gasteiger partial charge in [0.25, 0.3) is 0 Å². The van der Waals surface area contributed by atoms with Crippen molar-refractivity contribution in [3.05, 3.63) is 4.91 Å². The van der Waals surface area contributed by atoms with E-state index in [-0.39, 0.29) is 6.10 Å². The van der Waals surface area contributed by atoms with Gasteiger partial charge in [0.2, 0.25) is 0 Å². The quantitative estimate of drug-likeness (QED) is 0.139. The Kier molecular flexibility index (Phi) is 25.9. The van der Waals surface area contributed by atoms with E-state index in [1.165, 1.54) is 77.0 Å². The molecule has 5 heteroatoms. The van der Waals surface area contributed by atoms with E-state index in [0.29, 0.717) is 6.42 Å². The van der Waals surface area contributed by atoms with E-state index in [1.54, 1.807) is 0 Å². The number of rotatable bonds is 19. The van der Waals surface area contributed by atoms with Gasteiger partial charge in [0.05, 0.1) is 0 Å². The number of nitrogens with zero attached hydrogens (tertiary/aromatic N) is 1. The van der Waals surface area contributed by atoms with E-state index in [4.69, 9.17) is 5.11 Å². The van der Waals surface area contributed by atoms with Crippen molar-refractivity contribution < 1.29 is 14.7 Å². The summed E-state index contributed by atoms with van der Waals surface area (Å²) in [7, 11) is 0. The fourth-order valence-corrected chi connectivity index (χ4v) is 2.93. The second-order valence-corrected chi connectivity index (χ2v) is 7.52. The summed E-state index contributed by atoms with van der Waals surface area (Å²) < 4.78 is 0. The van der Waals surface area contributed by atoms with Gasteiger partial charge in [-0.05, 0) is 26.2 Å². The number of carbonyl (C=O) groups is 1. The molecule has 0 fully saturated rings. The lowest BCUT2D eigenvalue weighted by atomic mass is 10.1. The molecular weight excluding hydrogens is 342 g/mol. The molecule has 162 valence electrons. The molecule has 0 bridgehead atoms. The van der Waals surface area contributed by atoms with Crippen LogP contribution in [0.1, 0.15) is 130 Å². The predicted octanol–water partition coefficient (Wildman–Crippen LogP) is 7.82. The van der Waals surface area contributed by atoms with E-state index in [9.17, 15) is 9.70 Å². The molecule has 0 saturated carbocycles. The monoisotopic (exact) mass is 387 g/mol. The van der Waals surface area contributed by atoms with Crippen molar-refractivity contribution in [2.75, 3.05) is 0 Å². The van der Waals surface area contributed by atoms with Crippen molar-refractivity contribution in [3.8, 4) is 0 Å². The molecule has 0 aliphatic carbocycles. The first kappa shape index (κ1) is 28.1. The molecule has 5 nitrogen and oxygen atoms in total. The Morgan fingerprint density at radius 1 is 0.778 bits per heavy atom. The lowest BCUT2D eigenvalue weighted by Gasteiger charge is -2.05. The van der Waals surface area contributed by atoms with E-state index in [1.807, 2.05) is 6.92 Å². The van der Waals surface area contributed by atoms with Gasteiger partial charge in [-0.1, -0.05) is 97.3 Å². The minimum atomic E-state index is -0.657. The number of aliphatic carboxylic acids is 1.